The summed E-state index contributed by atoms with van der Waals surface area (Å²) in [6, 6.07) is 0. The van der Waals surface area contributed by atoms with E-state index in [1.807, 2.05) is 0 Å². The van der Waals surface area contributed by atoms with Crippen LogP contribution in [0.2, 0.25) is 0 Å². The van der Waals surface area contributed by atoms with Crippen LogP contribution in [0.15, 0.2) is 0 Å². The largest absolute Gasteiger partial charge is 0.333 e. The Morgan fingerprint density at radius 2 is 1.12 bits per heavy atom. The minimum atomic E-state index is -2.67. The predicted molar refractivity (Wildman–Crippen MR) is 69.8 cm³/mol. The summed E-state index contributed by atoms with van der Waals surface area (Å²) in [4.78, 5) is 17.8. The molecule has 0 aromatic rings. The van der Waals surface area contributed by atoms with E-state index in [1.54, 1.807) is 13.8 Å². The summed E-state index contributed by atoms with van der Waals surface area (Å²) >= 11 is 0. The Bertz CT molecular complexity index is 229. The van der Waals surface area contributed by atoms with Gasteiger partial charge in [-0.25, -0.2) is 0 Å². The highest BCUT2D eigenvalue weighted by Gasteiger charge is 2.05. The lowest BCUT2D eigenvalue weighted by Crippen LogP contribution is -1.89. The summed E-state index contributed by atoms with van der Waals surface area (Å²) in [6.45, 7) is 4.41. The fourth-order valence-electron chi connectivity index (χ4n) is 0.509. The zero-order valence-corrected chi connectivity index (χ0v) is 12.0. The van der Waals surface area contributed by atoms with Crippen LogP contribution in [0.25, 0.3) is 0 Å². The molecule has 100 valence electrons. The molecule has 0 spiro atoms. The Morgan fingerprint density at radius 1 is 0.875 bits per heavy atom. The van der Waals surface area contributed by atoms with E-state index < -0.39 is 15.1 Å². The molecule has 0 radical (unpaired) electrons. The fourth-order valence-corrected chi connectivity index (χ4v) is 1.53. The Balaban J connectivity index is 0. The zero-order valence-electron chi connectivity index (χ0n) is 10.3. The van der Waals surface area contributed by atoms with Crippen LogP contribution in [0.5, 0.6) is 0 Å². The van der Waals surface area contributed by atoms with Crippen LogP contribution in [0.3, 0.4) is 0 Å². The Morgan fingerprint density at radius 3 is 1.19 bits per heavy atom. The highest BCUT2D eigenvalue weighted by Crippen LogP contribution is 2.41. The molecule has 0 aliphatic carbocycles. The van der Waals surface area contributed by atoms with Crippen LogP contribution in [0.4, 0.5) is 0 Å². The first-order valence-electron chi connectivity index (χ1n) is 4.57. The molecule has 0 rings (SSSR count). The van der Waals surface area contributed by atoms with Gasteiger partial charge in [-0.3, -0.25) is 0 Å². The Labute approximate surface area is 97.5 Å². The fraction of sp³-hybridized carbons (Fsp3) is 0.750. The van der Waals surface area contributed by atoms with E-state index in [0.29, 0.717) is 13.2 Å². The summed E-state index contributed by atoms with van der Waals surface area (Å²) in [7, 11) is -2.60. The van der Waals surface area contributed by atoms with Gasteiger partial charge < -0.3 is 27.9 Å². The number of hydrogen-bond acceptors (Lipinski definition) is 6. The standard InChI is InChI=1S/2C4H11O3P/c2*1-4-7-8(3,5)6-2/h2*5H,3-4H2,1-2H3. The van der Waals surface area contributed by atoms with Gasteiger partial charge in [0.2, 0.25) is 15.1 Å². The maximum Gasteiger partial charge on any atom is 0.247 e. The maximum absolute atomic E-state index is 8.88. The SMILES string of the molecule is C=P(O)(OC)OCC.C=P(O)(OC)OCC. The molecule has 0 aromatic heterocycles. The molecule has 0 aliphatic rings. The molecule has 16 heavy (non-hydrogen) atoms. The van der Waals surface area contributed by atoms with Crippen molar-refractivity contribution in [3.63, 3.8) is 0 Å². The quantitative estimate of drug-likeness (QED) is 0.719. The van der Waals surface area contributed by atoms with E-state index in [0.717, 1.165) is 0 Å². The molecule has 0 bridgehead atoms. The lowest BCUT2D eigenvalue weighted by molar-refractivity contribution is 0.233. The molecule has 8 heteroatoms. The van der Waals surface area contributed by atoms with Gasteiger partial charge in [-0.1, -0.05) is 0 Å². The molecular formula is C8H22O6P2. The summed E-state index contributed by atoms with van der Waals surface area (Å²) in [5.74, 6) is 0. The van der Waals surface area contributed by atoms with Crippen molar-refractivity contribution in [3.05, 3.63) is 0 Å². The zero-order chi connectivity index (χ0) is 13.2. The van der Waals surface area contributed by atoms with Crippen molar-refractivity contribution in [2.75, 3.05) is 27.4 Å². The van der Waals surface area contributed by atoms with Crippen LogP contribution in [0.1, 0.15) is 13.8 Å². The second-order valence-electron chi connectivity index (χ2n) is 2.48. The Kier molecular flexibility index (Phi) is 11.0. The van der Waals surface area contributed by atoms with Gasteiger partial charge in [0.05, 0.1) is 13.2 Å². The summed E-state index contributed by atoms with van der Waals surface area (Å²) in [5, 5.41) is 0. The summed E-state index contributed by atoms with van der Waals surface area (Å²) in [6.07, 6.45) is 6.60. The molecule has 0 aromatic carbocycles. The van der Waals surface area contributed by atoms with E-state index in [2.05, 4.69) is 21.6 Å². The van der Waals surface area contributed by atoms with Crippen molar-refractivity contribution < 1.29 is 27.9 Å². The van der Waals surface area contributed by atoms with Crippen molar-refractivity contribution in [1.29, 1.82) is 0 Å². The van der Waals surface area contributed by atoms with Gasteiger partial charge in [-0.15, -0.1) is 0 Å². The molecule has 0 aliphatic heterocycles. The van der Waals surface area contributed by atoms with E-state index in [4.69, 9.17) is 18.8 Å². The molecule has 0 saturated heterocycles. The normalized spacial score (nSPS) is 17.9. The summed E-state index contributed by atoms with van der Waals surface area (Å²) < 4.78 is 18.4. The third-order valence-corrected chi connectivity index (χ3v) is 3.70. The monoisotopic (exact) mass is 276 g/mol. The lowest BCUT2D eigenvalue weighted by Gasteiger charge is -2.12. The molecule has 0 saturated carbocycles. The topological polar surface area (TPSA) is 77.4 Å². The van der Waals surface area contributed by atoms with Crippen molar-refractivity contribution >= 4 is 27.7 Å². The van der Waals surface area contributed by atoms with Gasteiger partial charge in [-0.2, -0.15) is 0 Å². The van der Waals surface area contributed by atoms with Crippen LogP contribution < -0.4 is 0 Å². The summed E-state index contributed by atoms with van der Waals surface area (Å²) in [5.41, 5.74) is 0. The molecule has 2 atom stereocenters. The Hall–Kier alpha value is 0.360. The molecule has 6 nitrogen and oxygen atoms in total. The third kappa shape index (κ3) is 12.4. The molecule has 2 unspecified atom stereocenters. The maximum atomic E-state index is 8.88. The van der Waals surface area contributed by atoms with E-state index in [9.17, 15) is 0 Å². The van der Waals surface area contributed by atoms with E-state index in [-0.39, 0.29) is 0 Å². The molecular weight excluding hydrogens is 254 g/mol. The predicted octanol–water partition coefficient (Wildman–Crippen LogP) is 1.71. The van der Waals surface area contributed by atoms with Crippen molar-refractivity contribution in [3.8, 4) is 0 Å². The van der Waals surface area contributed by atoms with Gasteiger partial charge in [0.1, 0.15) is 0 Å². The first-order chi connectivity index (χ1) is 7.24. The highest BCUT2D eigenvalue weighted by atomic mass is 31.2. The van der Waals surface area contributed by atoms with Crippen molar-refractivity contribution in [2.24, 2.45) is 0 Å². The minimum absolute atomic E-state index is 0.432. The number of hydrogen-bond donors (Lipinski definition) is 2. The smallest absolute Gasteiger partial charge is 0.247 e. The molecule has 0 heterocycles. The lowest BCUT2D eigenvalue weighted by atomic mass is 10.9. The van der Waals surface area contributed by atoms with Crippen LogP contribution >= 0.6 is 15.1 Å². The van der Waals surface area contributed by atoms with E-state index in [1.165, 1.54) is 14.2 Å². The second-order valence-corrected chi connectivity index (χ2v) is 6.27. The van der Waals surface area contributed by atoms with Gasteiger partial charge in [0.25, 0.3) is 0 Å². The third-order valence-electron chi connectivity index (χ3n) is 1.23. The second kappa shape index (κ2) is 9.40. The molecule has 0 fully saturated rings. The van der Waals surface area contributed by atoms with Crippen molar-refractivity contribution in [2.45, 2.75) is 13.8 Å². The van der Waals surface area contributed by atoms with Crippen LogP contribution in [0, 0.1) is 0 Å². The average molecular weight is 276 g/mol. The van der Waals surface area contributed by atoms with Gasteiger partial charge in [-0.05, 0) is 26.4 Å². The van der Waals surface area contributed by atoms with Gasteiger partial charge in [0.15, 0.2) is 0 Å². The van der Waals surface area contributed by atoms with Gasteiger partial charge in [0, 0.05) is 14.2 Å². The molecule has 0 amide bonds. The first kappa shape index (κ1) is 18.7. The average Bonchev–Trinajstić information content (AvgIpc) is 2.19. The molecule has 2 N–H and O–H groups in total. The highest BCUT2D eigenvalue weighted by molar-refractivity contribution is 7.58. The van der Waals surface area contributed by atoms with Crippen LogP contribution in [-0.2, 0) is 18.1 Å². The van der Waals surface area contributed by atoms with Crippen molar-refractivity contribution in [1.82, 2.24) is 0 Å². The first-order valence-corrected chi connectivity index (χ1v) is 8.10. The van der Waals surface area contributed by atoms with E-state index >= 15 is 0 Å². The number of rotatable bonds is 6. The van der Waals surface area contributed by atoms with Gasteiger partial charge >= 0.3 is 0 Å². The van der Waals surface area contributed by atoms with Crippen LogP contribution in [-0.4, -0.2) is 49.8 Å². The minimum Gasteiger partial charge on any atom is -0.333 e.